The zero-order chi connectivity index (χ0) is 42.3. The van der Waals surface area contributed by atoms with Crippen LogP contribution in [0.5, 0.6) is 0 Å². The molecule has 61 heavy (non-hydrogen) atoms. The van der Waals surface area contributed by atoms with E-state index in [-0.39, 0.29) is 24.4 Å². The van der Waals surface area contributed by atoms with Gasteiger partial charge in [-0.1, -0.05) is 6.07 Å². The number of nitrogens with one attached hydrogen (secondary N) is 2. The fourth-order valence-electron chi connectivity index (χ4n) is 11.1. The molecule has 3 fully saturated rings. The number of aromatic amines is 1. The number of imide groups is 2. The molecule has 2 N–H and O–H groups in total. The first-order chi connectivity index (χ1) is 29.4. The maximum absolute atomic E-state index is 16.3. The lowest BCUT2D eigenvalue weighted by atomic mass is 9.83. The molecule has 10 rings (SSSR count). The number of aromatic nitrogens is 2. The molecule has 16 heteroatoms. The lowest BCUT2D eigenvalue weighted by molar-refractivity contribution is -0.136. The highest BCUT2D eigenvalue weighted by Gasteiger charge is 2.46. The third-order valence-corrected chi connectivity index (χ3v) is 14.2. The molecule has 0 bridgehead atoms. The average Bonchev–Trinajstić information content (AvgIpc) is 3.95. The third-order valence-electron chi connectivity index (χ3n) is 14.2. The Kier molecular flexibility index (Phi) is 10.2. The molecule has 4 aromatic rings. The Hall–Kier alpha value is -5.19. The van der Waals surface area contributed by atoms with Gasteiger partial charge in [0.25, 0.3) is 18.2 Å². The van der Waals surface area contributed by atoms with E-state index in [9.17, 15) is 28.0 Å². The molecule has 3 atom stereocenters. The number of alkyl halides is 2. The SMILES string of the molecule is C[C@@H]1Cc2c(ccc3[nH]ncc23)[C@@H](c2c(F)cc(N3CCC(CN4CCC(N5Cc6cc7c(cc6C5)C(=O)N(C5CCC(=O)NC5=O)C7=O)CC4)CC3)cc2F)N1CC(F)F. The number of H-pyrrole nitrogens is 1. The number of benzene rings is 3. The summed E-state index contributed by atoms with van der Waals surface area (Å²) in [6.45, 7) is 6.75. The molecule has 6 aliphatic rings. The molecule has 0 saturated carbocycles. The number of amides is 4. The van der Waals surface area contributed by atoms with Gasteiger partial charge < -0.3 is 9.80 Å². The number of carbonyl (C=O) groups excluding carboxylic acids is 4. The third kappa shape index (κ3) is 7.09. The molecule has 0 spiro atoms. The van der Waals surface area contributed by atoms with E-state index in [0.29, 0.717) is 66.9 Å². The van der Waals surface area contributed by atoms with Crippen LogP contribution in [0, 0.1) is 17.6 Å². The van der Waals surface area contributed by atoms with Crippen LogP contribution in [-0.2, 0) is 29.1 Å². The van der Waals surface area contributed by atoms with E-state index >= 15 is 8.78 Å². The number of hydrogen-bond acceptors (Lipinski definition) is 9. The Bertz CT molecular complexity index is 2380. The van der Waals surface area contributed by atoms with Gasteiger partial charge in [-0.15, -0.1) is 0 Å². The largest absolute Gasteiger partial charge is 0.371 e. The predicted molar refractivity (Wildman–Crippen MR) is 217 cm³/mol. The molecule has 6 aliphatic heterocycles. The Balaban J connectivity index is 0.742. The predicted octanol–water partition coefficient (Wildman–Crippen LogP) is 5.54. The van der Waals surface area contributed by atoms with Crippen LogP contribution in [0.3, 0.4) is 0 Å². The first-order valence-electron chi connectivity index (χ1n) is 21.5. The average molecular weight is 841 g/mol. The van der Waals surface area contributed by atoms with Crippen molar-refractivity contribution in [2.75, 3.05) is 44.2 Å². The van der Waals surface area contributed by atoms with Crippen LogP contribution >= 0.6 is 0 Å². The molecule has 1 unspecified atom stereocenters. The highest BCUT2D eigenvalue weighted by atomic mass is 19.3. The van der Waals surface area contributed by atoms with Crippen LogP contribution in [0.1, 0.15) is 100 Å². The maximum Gasteiger partial charge on any atom is 0.262 e. The van der Waals surface area contributed by atoms with E-state index in [0.717, 1.165) is 77.8 Å². The summed E-state index contributed by atoms with van der Waals surface area (Å²) in [5.74, 6) is -3.02. The molecule has 0 radical (unpaired) electrons. The van der Waals surface area contributed by atoms with Crippen LogP contribution < -0.4 is 10.2 Å². The van der Waals surface area contributed by atoms with Gasteiger partial charge in [-0.25, -0.2) is 17.6 Å². The second-order valence-electron chi connectivity index (χ2n) is 17.8. The second kappa shape index (κ2) is 15.6. The smallest absolute Gasteiger partial charge is 0.262 e. The fraction of sp³-hybridized carbons (Fsp3) is 0.489. The molecule has 12 nitrogen and oxygen atoms in total. The van der Waals surface area contributed by atoms with E-state index in [1.165, 1.54) is 17.0 Å². The summed E-state index contributed by atoms with van der Waals surface area (Å²) in [7, 11) is 0. The number of fused-ring (bicyclic) bond motifs is 5. The minimum Gasteiger partial charge on any atom is -0.371 e. The molecule has 3 aromatic carbocycles. The van der Waals surface area contributed by atoms with Gasteiger partial charge in [0.15, 0.2) is 0 Å². The maximum atomic E-state index is 16.3. The minimum absolute atomic E-state index is 0.0807. The number of carbonyl (C=O) groups is 4. The molecule has 7 heterocycles. The van der Waals surface area contributed by atoms with Gasteiger partial charge in [0, 0.05) is 67.9 Å². The summed E-state index contributed by atoms with van der Waals surface area (Å²) in [6, 6.07) is 7.93. The van der Waals surface area contributed by atoms with Crippen molar-refractivity contribution in [3.05, 3.63) is 93.2 Å². The highest BCUT2D eigenvalue weighted by Crippen LogP contribution is 2.44. The number of anilines is 1. The lowest BCUT2D eigenvalue weighted by Gasteiger charge is -2.42. The van der Waals surface area contributed by atoms with Crippen molar-refractivity contribution in [3.8, 4) is 0 Å². The molecule has 320 valence electrons. The monoisotopic (exact) mass is 840 g/mol. The van der Waals surface area contributed by atoms with Gasteiger partial charge >= 0.3 is 0 Å². The van der Waals surface area contributed by atoms with E-state index in [4.69, 9.17) is 0 Å². The van der Waals surface area contributed by atoms with Crippen LogP contribution in [0.25, 0.3) is 10.9 Å². The van der Waals surface area contributed by atoms with Crippen molar-refractivity contribution >= 4 is 40.2 Å². The van der Waals surface area contributed by atoms with Gasteiger partial charge in [-0.05, 0) is 117 Å². The number of halogens is 4. The lowest BCUT2D eigenvalue weighted by Crippen LogP contribution is -2.54. The van der Waals surface area contributed by atoms with Crippen molar-refractivity contribution < 1.29 is 36.7 Å². The van der Waals surface area contributed by atoms with Crippen LogP contribution in [0.15, 0.2) is 42.6 Å². The quantitative estimate of drug-likeness (QED) is 0.174. The van der Waals surface area contributed by atoms with Gasteiger partial charge in [-0.2, -0.15) is 5.10 Å². The number of hydrogen-bond donors (Lipinski definition) is 2. The molecule has 3 saturated heterocycles. The van der Waals surface area contributed by atoms with Crippen molar-refractivity contribution in [1.82, 2.24) is 35.1 Å². The Morgan fingerprint density at radius 2 is 1.52 bits per heavy atom. The number of rotatable bonds is 8. The molecule has 0 aliphatic carbocycles. The van der Waals surface area contributed by atoms with Gasteiger partial charge in [0.2, 0.25) is 11.8 Å². The molecular weight excluding hydrogens is 793 g/mol. The first-order valence-corrected chi connectivity index (χ1v) is 21.5. The summed E-state index contributed by atoms with van der Waals surface area (Å²) in [5.41, 5.74) is 5.21. The Morgan fingerprint density at radius 3 is 2.16 bits per heavy atom. The van der Waals surface area contributed by atoms with E-state index in [1.807, 2.05) is 24.0 Å². The Labute approximate surface area is 350 Å². The minimum atomic E-state index is -2.67. The van der Waals surface area contributed by atoms with Gasteiger partial charge in [-0.3, -0.25) is 44.3 Å². The summed E-state index contributed by atoms with van der Waals surface area (Å²) >= 11 is 0. The summed E-state index contributed by atoms with van der Waals surface area (Å²) < 4.78 is 60.4. The molecular formula is C45H48F4N8O4. The normalized spacial score (nSPS) is 24.6. The van der Waals surface area contributed by atoms with Crippen molar-refractivity contribution in [3.63, 3.8) is 0 Å². The van der Waals surface area contributed by atoms with Crippen molar-refractivity contribution in [1.29, 1.82) is 0 Å². The second-order valence-corrected chi connectivity index (χ2v) is 17.8. The van der Waals surface area contributed by atoms with Gasteiger partial charge in [0.05, 0.1) is 35.4 Å². The van der Waals surface area contributed by atoms with E-state index in [1.54, 1.807) is 18.3 Å². The topological polar surface area (TPSA) is 125 Å². The van der Waals surface area contributed by atoms with Gasteiger partial charge in [0.1, 0.15) is 17.7 Å². The summed E-state index contributed by atoms with van der Waals surface area (Å²) in [6.07, 6.45) is 3.43. The zero-order valence-corrected chi connectivity index (χ0v) is 33.9. The fourth-order valence-corrected chi connectivity index (χ4v) is 11.1. The number of piperidine rings is 3. The van der Waals surface area contributed by atoms with Crippen molar-refractivity contribution in [2.45, 2.75) is 95.6 Å². The number of nitrogens with zero attached hydrogens (tertiary/aromatic N) is 6. The van der Waals surface area contributed by atoms with Crippen LogP contribution in [-0.4, -0.2) is 117 Å². The molecule has 1 aromatic heterocycles. The standard InChI is InChI=1S/C45H48F4N8O4/c1-24-14-31-30(2-3-37-34(31)19-50-52-37)42(56(24)23-39(48)49)41-35(46)17-29(18-36(41)47)54-12-6-25(7-13-54)20-53-10-8-28(9-11-53)55-21-26-15-32-33(16-27(26)22-55)45(61)57(44(32)60)38-4-5-40(58)51-43(38)59/h2-3,15-19,24-25,28,38-39,42H,4-14,20-23H2,1H3,(H,50,52)(H,51,58,59)/t24-,38?,42+/m1/s1. The summed E-state index contributed by atoms with van der Waals surface area (Å²) in [4.78, 5) is 60.4. The first kappa shape index (κ1) is 39.9. The Morgan fingerprint density at radius 1 is 0.852 bits per heavy atom. The van der Waals surface area contributed by atoms with Crippen molar-refractivity contribution in [2.24, 2.45) is 5.92 Å². The summed E-state index contributed by atoms with van der Waals surface area (Å²) in [5, 5.41) is 10.1. The van der Waals surface area contributed by atoms with E-state index < -0.39 is 60.3 Å². The zero-order valence-electron chi connectivity index (χ0n) is 33.9. The van der Waals surface area contributed by atoms with Crippen LogP contribution in [0.4, 0.5) is 23.2 Å². The van der Waals surface area contributed by atoms with E-state index in [2.05, 4.69) is 25.3 Å². The van der Waals surface area contributed by atoms with Crippen LogP contribution in [0.2, 0.25) is 0 Å². The highest BCUT2D eigenvalue weighted by molar-refractivity contribution is 6.23. The molecule has 4 amide bonds. The number of likely N-dealkylation sites (tertiary alicyclic amines) is 1.